The van der Waals surface area contributed by atoms with Crippen molar-refractivity contribution in [1.82, 2.24) is 0 Å². The molecule has 0 spiro atoms. The van der Waals surface area contributed by atoms with Crippen molar-refractivity contribution in [2.75, 3.05) is 13.7 Å². The van der Waals surface area contributed by atoms with Gasteiger partial charge in [-0.25, -0.2) is 0 Å². The van der Waals surface area contributed by atoms with E-state index in [2.05, 4.69) is 20.1 Å². The fraction of sp³-hybridized carbons (Fsp3) is 0.700. The van der Waals surface area contributed by atoms with E-state index in [1.807, 2.05) is 0 Å². The smallest absolute Gasteiger partial charge is 0.154 e. The molecule has 0 aliphatic rings. The lowest BCUT2D eigenvalue weighted by molar-refractivity contribution is -0.114. The molecule has 0 atom stereocenters. The lowest BCUT2D eigenvalue weighted by Crippen LogP contribution is -1.86. The van der Waals surface area contributed by atoms with E-state index in [0.29, 0.717) is 5.57 Å². The van der Waals surface area contributed by atoms with Crippen LogP contribution in [0, 0.1) is 0 Å². The molecule has 3 nitrogen and oxygen atoms in total. The van der Waals surface area contributed by atoms with Gasteiger partial charge >= 0.3 is 0 Å². The number of hydrogen-bond acceptors (Lipinski definition) is 3. The van der Waals surface area contributed by atoms with Crippen LogP contribution < -0.4 is 0 Å². The molecule has 0 aromatic heterocycles. The van der Waals surface area contributed by atoms with Crippen LogP contribution in [-0.4, -0.2) is 25.3 Å². The Labute approximate surface area is 150 Å². The maximum atomic E-state index is 10.0. The summed E-state index contributed by atoms with van der Waals surface area (Å²) in [5, 5.41) is 0. The Morgan fingerprint density at radius 3 is 1.26 bits per heavy atom. The third-order valence-electron chi connectivity index (χ3n) is 1.59. The van der Waals surface area contributed by atoms with Crippen molar-refractivity contribution in [3.63, 3.8) is 0 Å². The summed E-state index contributed by atoms with van der Waals surface area (Å²) in [4.78, 5) is 19.7. The number of unbranched alkanes of at least 4 members (excludes halogenated alkanes) is 1. The predicted molar refractivity (Wildman–Crippen MR) is 114 cm³/mol. The van der Waals surface area contributed by atoms with Crippen LogP contribution in [0.25, 0.3) is 0 Å². The van der Waals surface area contributed by atoms with Crippen molar-refractivity contribution >= 4 is 11.6 Å². The van der Waals surface area contributed by atoms with E-state index >= 15 is 0 Å². The Bertz CT molecular complexity index is 215. The summed E-state index contributed by atoms with van der Waals surface area (Å²) >= 11 is 0. The zero-order chi connectivity index (χ0) is 14.3. The van der Waals surface area contributed by atoms with E-state index in [9.17, 15) is 9.59 Å². The highest BCUT2D eigenvalue weighted by Gasteiger charge is 1.85. The maximum absolute atomic E-state index is 10.0. The number of methoxy groups -OCH3 is 1. The predicted octanol–water partition coefficient (Wildman–Crippen LogP) is 7.16. The van der Waals surface area contributed by atoms with Crippen LogP contribution in [0.5, 0.6) is 0 Å². The second-order valence-electron chi connectivity index (χ2n) is 3.50. The van der Waals surface area contributed by atoms with Gasteiger partial charge < -0.3 is 4.74 Å². The number of Topliss-reactive ketones (excluding diaryl/α,β-unsaturated/α-hetero) is 1. The normalized spacial score (nSPS) is 5.78. The van der Waals surface area contributed by atoms with Gasteiger partial charge in [-0.15, -0.1) is 0 Å². The summed E-state index contributed by atoms with van der Waals surface area (Å²) in [7, 11) is 1.73. The molecular weight excluding hydrogens is 288 g/mol. The highest BCUT2D eigenvalue weighted by Crippen LogP contribution is 1.84. The average Bonchev–Trinajstić information content (AvgIpc) is 2.27. The Morgan fingerprint density at radius 2 is 1.22 bits per heavy atom. The standard InChI is InChI=1S/C5H8O.C5H12O.C4H6O.6CH4/c1-4(2)5(3)6;1-3-4-5-6-2;1-3-4(2)5;;;;;;/h1H2,2-3H3;3-5H2,1-2H3;3H,1H2,2H3;6*1H4. The van der Waals surface area contributed by atoms with E-state index < -0.39 is 0 Å². The zero-order valence-corrected chi connectivity index (χ0v) is 11.8. The third kappa shape index (κ3) is 121. The van der Waals surface area contributed by atoms with Crippen molar-refractivity contribution in [1.29, 1.82) is 0 Å². The minimum atomic E-state index is 0. The lowest BCUT2D eigenvalue weighted by Gasteiger charge is -1.89. The number of ketones is 2. The van der Waals surface area contributed by atoms with Crippen LogP contribution >= 0.6 is 0 Å². The van der Waals surface area contributed by atoms with Gasteiger partial charge in [0.1, 0.15) is 0 Å². The quantitative estimate of drug-likeness (QED) is 0.394. The molecule has 0 aromatic rings. The van der Waals surface area contributed by atoms with Crippen molar-refractivity contribution in [3.05, 3.63) is 24.8 Å². The van der Waals surface area contributed by atoms with Crippen molar-refractivity contribution in [3.8, 4) is 0 Å². The van der Waals surface area contributed by atoms with Gasteiger partial charge in [0.25, 0.3) is 0 Å². The van der Waals surface area contributed by atoms with E-state index in [0.717, 1.165) is 6.61 Å². The molecule has 0 radical (unpaired) electrons. The van der Waals surface area contributed by atoms with E-state index in [4.69, 9.17) is 4.74 Å². The minimum Gasteiger partial charge on any atom is -0.385 e. The minimum absolute atomic E-state index is 0. The van der Waals surface area contributed by atoms with Crippen LogP contribution in [0.2, 0.25) is 0 Å². The summed E-state index contributed by atoms with van der Waals surface area (Å²) in [6.07, 6.45) is 3.70. The average molecular weight is 339 g/mol. The van der Waals surface area contributed by atoms with Crippen LogP contribution in [0.3, 0.4) is 0 Å². The molecule has 0 aliphatic carbocycles. The second kappa shape index (κ2) is 49.8. The Balaban J connectivity index is -0.0000000162. The Hall–Kier alpha value is -1.22. The van der Waals surface area contributed by atoms with Gasteiger partial charge in [0.15, 0.2) is 11.6 Å². The number of hydrogen-bond donors (Lipinski definition) is 0. The topological polar surface area (TPSA) is 43.4 Å². The maximum Gasteiger partial charge on any atom is 0.154 e. The molecular formula is C20H50O3. The second-order valence-corrected chi connectivity index (χ2v) is 3.50. The summed E-state index contributed by atoms with van der Waals surface area (Å²) < 4.78 is 4.78. The molecule has 0 saturated heterocycles. The number of carbonyl (C=O) groups is 2. The van der Waals surface area contributed by atoms with Crippen LogP contribution in [-0.2, 0) is 14.3 Å². The van der Waals surface area contributed by atoms with Gasteiger partial charge in [0.2, 0.25) is 0 Å². The summed E-state index contributed by atoms with van der Waals surface area (Å²) in [5.74, 6) is 0.0833. The van der Waals surface area contributed by atoms with Crippen LogP contribution in [0.15, 0.2) is 24.8 Å². The molecule has 0 saturated carbocycles. The summed E-state index contributed by atoms with van der Waals surface area (Å²) in [6.45, 7) is 14.3. The largest absolute Gasteiger partial charge is 0.385 e. The molecule has 0 fully saturated rings. The SMILES string of the molecule is C.C.C.C.C.C.C=C(C)C(C)=O.C=CC(C)=O.CCCCOC. The van der Waals surface area contributed by atoms with Gasteiger partial charge in [-0.1, -0.05) is 71.1 Å². The molecule has 3 heteroatoms. The number of rotatable bonds is 5. The first-order chi connectivity index (χ1) is 7.83. The molecule has 0 N–H and O–H groups in total. The molecule has 0 aromatic carbocycles. The van der Waals surface area contributed by atoms with Crippen molar-refractivity contribution < 1.29 is 14.3 Å². The monoisotopic (exact) mass is 338 g/mol. The van der Waals surface area contributed by atoms with Crippen LogP contribution in [0.4, 0.5) is 0 Å². The van der Waals surface area contributed by atoms with Gasteiger partial charge in [0.05, 0.1) is 0 Å². The molecule has 148 valence electrons. The van der Waals surface area contributed by atoms with Gasteiger partial charge in [-0.05, 0) is 38.8 Å². The number of carbonyl (C=O) groups excluding carboxylic acids is 2. The van der Waals surface area contributed by atoms with Gasteiger partial charge in [-0.3, -0.25) is 9.59 Å². The third-order valence-corrected chi connectivity index (χ3v) is 1.59. The first-order valence-electron chi connectivity index (χ1n) is 5.61. The molecule has 0 bridgehead atoms. The first-order valence-corrected chi connectivity index (χ1v) is 5.61. The molecule has 0 heterocycles. The molecule has 0 unspecified atom stereocenters. The highest BCUT2D eigenvalue weighted by molar-refractivity contribution is 5.91. The summed E-state index contributed by atoms with van der Waals surface area (Å²) in [6, 6.07) is 0. The van der Waals surface area contributed by atoms with Crippen molar-refractivity contribution in [2.45, 2.75) is 85.1 Å². The van der Waals surface area contributed by atoms with Gasteiger partial charge in [-0.2, -0.15) is 0 Å². The van der Waals surface area contributed by atoms with Crippen molar-refractivity contribution in [2.24, 2.45) is 0 Å². The Morgan fingerprint density at radius 1 is 0.957 bits per heavy atom. The molecule has 0 amide bonds. The fourth-order valence-electron chi connectivity index (χ4n) is 0.289. The van der Waals surface area contributed by atoms with E-state index in [1.165, 1.54) is 32.8 Å². The number of allylic oxidation sites excluding steroid dienone is 2. The fourth-order valence-corrected chi connectivity index (χ4v) is 0.289. The van der Waals surface area contributed by atoms with Gasteiger partial charge in [0, 0.05) is 13.7 Å². The van der Waals surface area contributed by atoms with E-state index in [-0.39, 0.29) is 56.1 Å². The Kier molecular flexibility index (Phi) is 125. The highest BCUT2D eigenvalue weighted by atomic mass is 16.5. The zero-order valence-electron chi connectivity index (χ0n) is 11.8. The summed E-state index contributed by atoms with van der Waals surface area (Å²) in [5.41, 5.74) is 0.620. The first kappa shape index (κ1) is 57.6. The number of ether oxygens (including phenoxy) is 1. The molecule has 0 aliphatic heterocycles. The van der Waals surface area contributed by atoms with E-state index in [1.54, 1.807) is 14.0 Å². The lowest BCUT2D eigenvalue weighted by atomic mass is 10.3. The molecule has 0 rings (SSSR count). The van der Waals surface area contributed by atoms with Crippen LogP contribution in [0.1, 0.15) is 85.1 Å². The molecule has 23 heavy (non-hydrogen) atoms.